The Labute approximate surface area is 205 Å². The number of hydrogen-bond donors (Lipinski definition) is 2. The lowest BCUT2D eigenvalue weighted by atomic mass is 9.95. The molecule has 3 aromatic carbocycles. The van der Waals surface area contributed by atoms with E-state index >= 15 is 0 Å². The summed E-state index contributed by atoms with van der Waals surface area (Å²) in [5.41, 5.74) is 5.20. The molecule has 0 saturated heterocycles. The van der Waals surface area contributed by atoms with Gasteiger partial charge in [-0.1, -0.05) is 37.1 Å². The lowest BCUT2D eigenvalue weighted by Gasteiger charge is -2.31. The van der Waals surface area contributed by atoms with Gasteiger partial charge in [-0.05, 0) is 75.2 Å². The highest BCUT2D eigenvalue weighted by molar-refractivity contribution is 6.05. The second-order valence-corrected chi connectivity index (χ2v) is 9.06. The molecule has 1 atom stereocenters. The van der Waals surface area contributed by atoms with E-state index in [0.29, 0.717) is 11.6 Å². The van der Waals surface area contributed by atoms with Gasteiger partial charge in [-0.25, -0.2) is 4.99 Å². The van der Waals surface area contributed by atoms with Crippen LogP contribution in [0.25, 0.3) is 6.08 Å². The molecule has 180 valence electrons. The van der Waals surface area contributed by atoms with Gasteiger partial charge in [-0.2, -0.15) is 0 Å². The van der Waals surface area contributed by atoms with Crippen molar-refractivity contribution in [3.8, 4) is 5.75 Å². The van der Waals surface area contributed by atoms with Crippen LogP contribution in [0.3, 0.4) is 0 Å². The number of aliphatic imine (C=N–C) groups is 1. The van der Waals surface area contributed by atoms with Crippen molar-refractivity contribution in [1.29, 1.82) is 0 Å². The zero-order valence-corrected chi connectivity index (χ0v) is 20.5. The van der Waals surface area contributed by atoms with Crippen molar-refractivity contribution in [2.75, 3.05) is 10.6 Å². The molecule has 0 saturated carbocycles. The summed E-state index contributed by atoms with van der Waals surface area (Å²) >= 11 is 0. The first-order valence-corrected chi connectivity index (χ1v) is 11.7. The van der Waals surface area contributed by atoms with Gasteiger partial charge >= 0.3 is 0 Å². The third-order valence-corrected chi connectivity index (χ3v) is 5.92. The van der Waals surface area contributed by atoms with E-state index in [4.69, 9.17) is 9.73 Å². The summed E-state index contributed by atoms with van der Waals surface area (Å²) < 4.78 is 6.31. The molecule has 0 aliphatic carbocycles. The Morgan fingerprint density at radius 3 is 2.26 bits per heavy atom. The van der Waals surface area contributed by atoms with Gasteiger partial charge in [-0.15, -0.1) is 0 Å². The number of non-ortho nitro benzene ring substituents is 1. The summed E-state index contributed by atoms with van der Waals surface area (Å²) in [5, 5.41) is 17.6. The monoisotopic (exact) mass is 470 g/mol. The minimum atomic E-state index is -0.416. The number of nitro groups is 1. The number of nitro benzene ring substituents is 1. The zero-order valence-electron chi connectivity index (χ0n) is 20.5. The molecule has 0 amide bonds. The molecule has 7 nitrogen and oxygen atoms in total. The average molecular weight is 471 g/mol. The number of rotatable bonds is 6. The van der Waals surface area contributed by atoms with Crippen LogP contribution in [0.1, 0.15) is 43.4 Å². The predicted molar refractivity (Wildman–Crippen MR) is 143 cm³/mol. The number of nitrogens with one attached hydrogen (secondary N) is 2. The second kappa shape index (κ2) is 10.0. The first-order chi connectivity index (χ1) is 16.7. The van der Waals surface area contributed by atoms with Crippen LogP contribution >= 0.6 is 0 Å². The summed E-state index contributed by atoms with van der Waals surface area (Å²) in [5.74, 6) is 1.36. The first kappa shape index (κ1) is 24.0. The summed E-state index contributed by atoms with van der Waals surface area (Å²) in [6.45, 7) is 8.30. The normalized spacial score (nSPS) is 16.9. The van der Waals surface area contributed by atoms with Gasteiger partial charge in [0.1, 0.15) is 11.4 Å². The van der Waals surface area contributed by atoms with E-state index in [-0.39, 0.29) is 11.3 Å². The number of anilines is 2. The van der Waals surface area contributed by atoms with Crippen LogP contribution in [-0.4, -0.2) is 16.5 Å². The van der Waals surface area contributed by atoms with Gasteiger partial charge in [0.25, 0.3) is 5.69 Å². The molecule has 35 heavy (non-hydrogen) atoms. The Morgan fingerprint density at radius 1 is 1.03 bits per heavy atom. The molecule has 0 fully saturated rings. The molecule has 3 aromatic rings. The van der Waals surface area contributed by atoms with Crippen molar-refractivity contribution >= 4 is 34.8 Å². The number of ether oxygens (including phenoxy) is 1. The molecule has 0 radical (unpaired) electrons. The number of benzene rings is 3. The molecule has 1 aliphatic rings. The van der Waals surface area contributed by atoms with Crippen LogP contribution in [0.4, 0.5) is 22.7 Å². The molecule has 7 heteroatoms. The van der Waals surface area contributed by atoms with Gasteiger partial charge in [-0.3, -0.25) is 10.1 Å². The Kier molecular flexibility index (Phi) is 6.87. The van der Waals surface area contributed by atoms with Crippen molar-refractivity contribution in [2.24, 2.45) is 4.99 Å². The number of guanidine groups is 1. The van der Waals surface area contributed by atoms with E-state index < -0.39 is 4.92 Å². The Hall–Kier alpha value is -4.13. The van der Waals surface area contributed by atoms with Crippen molar-refractivity contribution in [1.82, 2.24) is 0 Å². The molecule has 1 heterocycles. The van der Waals surface area contributed by atoms with Gasteiger partial charge in [0, 0.05) is 29.1 Å². The summed E-state index contributed by atoms with van der Waals surface area (Å²) in [7, 11) is 0. The minimum Gasteiger partial charge on any atom is -0.483 e. The average Bonchev–Trinajstić information content (AvgIpc) is 2.81. The van der Waals surface area contributed by atoms with E-state index in [9.17, 15) is 10.1 Å². The van der Waals surface area contributed by atoms with E-state index in [1.54, 1.807) is 12.1 Å². The fourth-order valence-electron chi connectivity index (χ4n) is 3.99. The smallest absolute Gasteiger partial charge is 0.269 e. The van der Waals surface area contributed by atoms with Crippen molar-refractivity contribution in [2.45, 2.75) is 46.1 Å². The maximum Gasteiger partial charge on any atom is 0.269 e. The van der Waals surface area contributed by atoms with Gasteiger partial charge in [0.05, 0.1) is 10.6 Å². The number of fused-ring (bicyclic) bond motifs is 1. The van der Waals surface area contributed by atoms with E-state index in [2.05, 4.69) is 36.6 Å². The van der Waals surface area contributed by atoms with Crippen molar-refractivity contribution < 1.29 is 9.66 Å². The fourth-order valence-corrected chi connectivity index (χ4v) is 3.99. The third-order valence-electron chi connectivity index (χ3n) is 5.92. The highest BCUT2D eigenvalue weighted by Crippen LogP contribution is 2.37. The SMILES string of the molecule is CCCC1(C)C=Cc2cc(N=C(Nc3ccc(C)cc3)Nc3ccc([N+](=O)[O-])cc3)c(C)cc2O1. The van der Waals surface area contributed by atoms with Crippen LogP contribution < -0.4 is 15.4 Å². The quantitative estimate of drug-likeness (QED) is 0.170. The van der Waals surface area contributed by atoms with Crippen molar-refractivity contribution in [3.05, 3.63) is 93.5 Å². The topological polar surface area (TPSA) is 88.8 Å². The Balaban J connectivity index is 1.67. The zero-order chi connectivity index (χ0) is 25.0. The van der Waals surface area contributed by atoms with Crippen LogP contribution in [0.15, 0.2) is 71.7 Å². The molecular formula is C28H30N4O3. The van der Waals surface area contributed by atoms with Crippen LogP contribution in [0.2, 0.25) is 0 Å². The van der Waals surface area contributed by atoms with E-state index in [0.717, 1.165) is 46.7 Å². The highest BCUT2D eigenvalue weighted by Gasteiger charge is 2.26. The molecule has 0 spiro atoms. The summed E-state index contributed by atoms with van der Waals surface area (Å²) in [6.07, 6.45) is 6.21. The van der Waals surface area contributed by atoms with Gasteiger partial charge in [0.15, 0.2) is 0 Å². The van der Waals surface area contributed by atoms with Crippen molar-refractivity contribution in [3.63, 3.8) is 0 Å². The van der Waals surface area contributed by atoms with Crippen LogP contribution in [0.5, 0.6) is 5.75 Å². The first-order valence-electron chi connectivity index (χ1n) is 11.7. The Bertz CT molecular complexity index is 1280. The van der Waals surface area contributed by atoms with E-state index in [1.807, 2.05) is 50.2 Å². The van der Waals surface area contributed by atoms with E-state index in [1.165, 1.54) is 12.1 Å². The fraction of sp³-hybridized carbons (Fsp3) is 0.250. The standard InChI is InChI=1S/C28H30N4O3/c1-5-15-28(4)16-14-21-18-25(20(3)17-26(21)35-28)31-27(29-22-8-6-19(2)7-9-22)30-23-10-12-24(13-11-23)32(33)34/h6-14,16-18H,5,15H2,1-4H3,(H2,29,30,31). The van der Waals surface area contributed by atoms with Gasteiger partial charge in [0.2, 0.25) is 5.96 Å². The number of hydrogen-bond acceptors (Lipinski definition) is 4. The number of nitrogens with zero attached hydrogens (tertiary/aromatic N) is 2. The molecular weight excluding hydrogens is 440 g/mol. The molecule has 0 aromatic heterocycles. The summed E-state index contributed by atoms with van der Waals surface area (Å²) in [6, 6.07) is 18.3. The lowest BCUT2D eigenvalue weighted by molar-refractivity contribution is -0.384. The third kappa shape index (κ3) is 5.87. The minimum absolute atomic E-state index is 0.0351. The maximum absolute atomic E-state index is 11.0. The van der Waals surface area contributed by atoms with Crippen LogP contribution in [-0.2, 0) is 0 Å². The number of aryl methyl sites for hydroxylation is 2. The molecule has 0 bridgehead atoms. The van der Waals surface area contributed by atoms with Crippen LogP contribution in [0, 0.1) is 24.0 Å². The molecule has 1 aliphatic heterocycles. The lowest BCUT2D eigenvalue weighted by Crippen LogP contribution is -2.31. The van der Waals surface area contributed by atoms with Gasteiger partial charge < -0.3 is 15.4 Å². The largest absolute Gasteiger partial charge is 0.483 e. The highest BCUT2D eigenvalue weighted by atomic mass is 16.6. The summed E-state index contributed by atoms with van der Waals surface area (Å²) in [4.78, 5) is 15.5. The molecule has 2 N–H and O–H groups in total. The predicted octanol–water partition coefficient (Wildman–Crippen LogP) is 7.39. The maximum atomic E-state index is 11.0. The molecule has 1 unspecified atom stereocenters. The second-order valence-electron chi connectivity index (χ2n) is 9.06. The molecule has 4 rings (SSSR count). The Morgan fingerprint density at radius 2 is 1.66 bits per heavy atom.